The summed E-state index contributed by atoms with van der Waals surface area (Å²) >= 11 is 6.08. The summed E-state index contributed by atoms with van der Waals surface area (Å²) in [6.07, 6.45) is 1.68. The Hall–Kier alpha value is -1.39. The number of halogens is 1. The van der Waals surface area contributed by atoms with Crippen molar-refractivity contribution in [3.63, 3.8) is 0 Å². The summed E-state index contributed by atoms with van der Waals surface area (Å²) in [5, 5.41) is 13.8. The standard InChI is InChI=1S/C10H10ClN3O/c1-14-8(6-15)9(11)10(13-14)7-4-2-3-5-12-7/h2-5,15H,6H2,1H3. The van der Waals surface area contributed by atoms with E-state index in [1.807, 2.05) is 18.2 Å². The SMILES string of the molecule is Cn1nc(-c2ccccn2)c(Cl)c1CO. The van der Waals surface area contributed by atoms with Gasteiger partial charge in [-0.25, -0.2) is 0 Å². The summed E-state index contributed by atoms with van der Waals surface area (Å²) in [5.41, 5.74) is 1.90. The van der Waals surface area contributed by atoms with Crippen LogP contribution in [0.2, 0.25) is 5.02 Å². The van der Waals surface area contributed by atoms with Crippen molar-refractivity contribution in [3.05, 3.63) is 35.1 Å². The molecule has 0 radical (unpaired) electrons. The first-order chi connectivity index (χ1) is 7.24. The van der Waals surface area contributed by atoms with Crippen molar-refractivity contribution in [2.24, 2.45) is 7.05 Å². The third-order valence-corrected chi connectivity index (χ3v) is 2.56. The largest absolute Gasteiger partial charge is 0.390 e. The maximum absolute atomic E-state index is 9.09. The third-order valence-electron chi connectivity index (χ3n) is 2.16. The maximum Gasteiger partial charge on any atom is 0.130 e. The van der Waals surface area contributed by atoms with Gasteiger partial charge in [0, 0.05) is 13.2 Å². The minimum absolute atomic E-state index is 0.130. The van der Waals surface area contributed by atoms with Crippen molar-refractivity contribution in [1.82, 2.24) is 14.8 Å². The molecule has 15 heavy (non-hydrogen) atoms. The Morgan fingerprint density at radius 1 is 1.47 bits per heavy atom. The average molecular weight is 224 g/mol. The van der Waals surface area contributed by atoms with Crippen LogP contribution in [0, 0.1) is 0 Å². The lowest BCUT2D eigenvalue weighted by Crippen LogP contribution is -1.97. The Morgan fingerprint density at radius 3 is 2.80 bits per heavy atom. The Bertz CT molecular complexity index is 467. The molecule has 5 heteroatoms. The molecule has 0 aliphatic rings. The second kappa shape index (κ2) is 4.00. The molecule has 2 rings (SSSR count). The van der Waals surface area contributed by atoms with Gasteiger partial charge >= 0.3 is 0 Å². The van der Waals surface area contributed by atoms with E-state index in [1.54, 1.807) is 17.9 Å². The van der Waals surface area contributed by atoms with E-state index in [2.05, 4.69) is 10.1 Å². The lowest BCUT2D eigenvalue weighted by atomic mass is 10.2. The molecular weight excluding hydrogens is 214 g/mol. The van der Waals surface area contributed by atoms with Crippen LogP contribution < -0.4 is 0 Å². The van der Waals surface area contributed by atoms with Crippen molar-refractivity contribution in [2.75, 3.05) is 0 Å². The molecule has 0 atom stereocenters. The van der Waals surface area contributed by atoms with Gasteiger partial charge in [-0.1, -0.05) is 17.7 Å². The molecule has 0 fully saturated rings. The number of aliphatic hydroxyl groups is 1. The van der Waals surface area contributed by atoms with Crippen molar-refractivity contribution in [3.8, 4) is 11.4 Å². The van der Waals surface area contributed by atoms with E-state index in [-0.39, 0.29) is 6.61 Å². The summed E-state index contributed by atoms with van der Waals surface area (Å²) in [7, 11) is 1.74. The van der Waals surface area contributed by atoms with Gasteiger partial charge in [-0.15, -0.1) is 0 Å². The second-order valence-corrected chi connectivity index (χ2v) is 3.48. The van der Waals surface area contributed by atoms with Crippen molar-refractivity contribution in [2.45, 2.75) is 6.61 Å². The predicted octanol–water partition coefficient (Wildman–Crippen LogP) is 1.63. The molecule has 0 bridgehead atoms. The monoisotopic (exact) mass is 223 g/mol. The molecule has 4 nitrogen and oxygen atoms in total. The van der Waals surface area contributed by atoms with Crippen molar-refractivity contribution in [1.29, 1.82) is 0 Å². The van der Waals surface area contributed by atoms with Gasteiger partial charge in [-0.2, -0.15) is 5.10 Å². The van der Waals surface area contributed by atoms with Crippen LogP contribution in [0.4, 0.5) is 0 Å². The second-order valence-electron chi connectivity index (χ2n) is 3.11. The van der Waals surface area contributed by atoms with Crippen LogP contribution in [0.3, 0.4) is 0 Å². The van der Waals surface area contributed by atoms with Crippen molar-refractivity contribution >= 4 is 11.6 Å². The highest BCUT2D eigenvalue weighted by Gasteiger charge is 2.15. The Morgan fingerprint density at radius 2 is 2.27 bits per heavy atom. The molecule has 78 valence electrons. The fourth-order valence-corrected chi connectivity index (χ4v) is 1.69. The lowest BCUT2D eigenvalue weighted by molar-refractivity contribution is 0.270. The number of hydrogen-bond donors (Lipinski definition) is 1. The van der Waals surface area contributed by atoms with Gasteiger partial charge in [-0.3, -0.25) is 9.67 Å². The van der Waals surface area contributed by atoms with Crippen LogP contribution in [0.25, 0.3) is 11.4 Å². The Balaban J connectivity index is 2.55. The summed E-state index contributed by atoms with van der Waals surface area (Å²) < 4.78 is 1.56. The minimum Gasteiger partial charge on any atom is -0.390 e. The first kappa shape index (κ1) is 10.1. The van der Waals surface area contributed by atoms with E-state index < -0.39 is 0 Å². The number of pyridine rings is 1. The molecule has 2 aromatic heterocycles. The first-order valence-electron chi connectivity index (χ1n) is 4.47. The molecule has 0 saturated heterocycles. The molecule has 0 unspecified atom stereocenters. The van der Waals surface area contributed by atoms with Gasteiger partial charge in [0.1, 0.15) is 5.69 Å². The molecule has 0 aliphatic carbocycles. The van der Waals surface area contributed by atoms with Crippen LogP contribution in [0.1, 0.15) is 5.69 Å². The number of aliphatic hydroxyl groups excluding tert-OH is 1. The zero-order valence-corrected chi connectivity index (χ0v) is 8.94. The maximum atomic E-state index is 9.09. The summed E-state index contributed by atoms with van der Waals surface area (Å²) in [4.78, 5) is 4.16. The molecule has 2 heterocycles. The Kier molecular flexibility index (Phi) is 2.70. The molecule has 1 N–H and O–H groups in total. The third kappa shape index (κ3) is 1.73. The van der Waals surface area contributed by atoms with Gasteiger partial charge in [0.25, 0.3) is 0 Å². The summed E-state index contributed by atoms with van der Waals surface area (Å²) in [6.45, 7) is -0.130. The molecular formula is C10H10ClN3O. The zero-order valence-electron chi connectivity index (χ0n) is 8.18. The van der Waals surface area contributed by atoms with Crippen molar-refractivity contribution < 1.29 is 5.11 Å². The van der Waals surface area contributed by atoms with Gasteiger partial charge in [0.15, 0.2) is 0 Å². The smallest absolute Gasteiger partial charge is 0.130 e. The number of aryl methyl sites for hydroxylation is 1. The summed E-state index contributed by atoms with van der Waals surface area (Å²) in [6, 6.07) is 5.52. The number of nitrogens with zero attached hydrogens (tertiary/aromatic N) is 3. The number of hydrogen-bond acceptors (Lipinski definition) is 3. The Labute approximate surface area is 92.1 Å². The predicted molar refractivity (Wildman–Crippen MR) is 57.4 cm³/mol. The normalized spacial score (nSPS) is 10.6. The van der Waals surface area contributed by atoms with E-state index in [0.29, 0.717) is 22.1 Å². The van der Waals surface area contributed by atoms with Gasteiger partial charge < -0.3 is 5.11 Å². The van der Waals surface area contributed by atoms with Gasteiger partial charge in [-0.05, 0) is 12.1 Å². The highest BCUT2D eigenvalue weighted by molar-refractivity contribution is 6.33. The number of rotatable bonds is 2. The lowest BCUT2D eigenvalue weighted by Gasteiger charge is -1.95. The molecule has 2 aromatic rings. The van der Waals surface area contributed by atoms with E-state index >= 15 is 0 Å². The quantitative estimate of drug-likeness (QED) is 0.842. The molecule has 0 aliphatic heterocycles. The van der Waals surface area contributed by atoms with E-state index in [1.165, 1.54) is 0 Å². The van der Waals surface area contributed by atoms with E-state index in [0.717, 1.165) is 0 Å². The topological polar surface area (TPSA) is 50.9 Å². The zero-order chi connectivity index (χ0) is 10.8. The van der Waals surface area contributed by atoms with E-state index in [9.17, 15) is 0 Å². The highest BCUT2D eigenvalue weighted by Crippen LogP contribution is 2.27. The first-order valence-corrected chi connectivity index (χ1v) is 4.85. The molecule has 0 spiro atoms. The van der Waals surface area contributed by atoms with E-state index in [4.69, 9.17) is 16.7 Å². The molecule has 0 aromatic carbocycles. The van der Waals surface area contributed by atoms with Crippen LogP contribution in [0.5, 0.6) is 0 Å². The molecule has 0 amide bonds. The van der Waals surface area contributed by atoms with Crippen LogP contribution in [-0.4, -0.2) is 19.9 Å². The minimum atomic E-state index is -0.130. The average Bonchev–Trinajstić information content (AvgIpc) is 2.55. The summed E-state index contributed by atoms with van der Waals surface area (Å²) in [5.74, 6) is 0. The van der Waals surface area contributed by atoms with Gasteiger partial charge in [0.2, 0.25) is 0 Å². The molecule has 0 saturated carbocycles. The van der Waals surface area contributed by atoms with Gasteiger partial charge in [0.05, 0.1) is 23.0 Å². The highest BCUT2D eigenvalue weighted by atomic mass is 35.5. The number of aromatic nitrogens is 3. The fraction of sp³-hybridized carbons (Fsp3) is 0.200. The van der Waals surface area contributed by atoms with Crippen LogP contribution >= 0.6 is 11.6 Å². The fourth-order valence-electron chi connectivity index (χ4n) is 1.37. The van der Waals surface area contributed by atoms with Crippen LogP contribution in [-0.2, 0) is 13.7 Å². The van der Waals surface area contributed by atoms with Crippen LogP contribution in [0.15, 0.2) is 24.4 Å².